The molecule has 2 N–H and O–H groups in total. The van der Waals surface area contributed by atoms with E-state index >= 15 is 0 Å². The molecule has 0 spiro atoms. The lowest BCUT2D eigenvalue weighted by molar-refractivity contribution is 0.0691. The minimum absolute atomic E-state index is 0.100. The SMILES string of the molecule is CC(O)CCn1nnc(C(=O)O)c1-c1ccncc1. The van der Waals surface area contributed by atoms with E-state index in [0.717, 1.165) is 0 Å². The van der Waals surface area contributed by atoms with Crippen molar-refractivity contribution in [3.63, 3.8) is 0 Å². The fourth-order valence-corrected chi connectivity index (χ4v) is 1.72. The Morgan fingerprint density at radius 3 is 2.68 bits per heavy atom. The fourth-order valence-electron chi connectivity index (χ4n) is 1.72. The Bertz CT molecular complexity index is 566. The van der Waals surface area contributed by atoms with E-state index in [4.69, 9.17) is 5.11 Å². The summed E-state index contributed by atoms with van der Waals surface area (Å²) in [6, 6.07) is 3.40. The third-order valence-electron chi connectivity index (χ3n) is 2.65. The molecule has 7 heteroatoms. The first-order valence-electron chi connectivity index (χ1n) is 5.85. The van der Waals surface area contributed by atoms with Gasteiger partial charge in [-0.05, 0) is 25.5 Å². The Morgan fingerprint density at radius 1 is 1.42 bits per heavy atom. The zero-order valence-corrected chi connectivity index (χ0v) is 10.4. The van der Waals surface area contributed by atoms with Crippen LogP contribution >= 0.6 is 0 Å². The highest BCUT2D eigenvalue weighted by atomic mass is 16.4. The van der Waals surface area contributed by atoms with Crippen molar-refractivity contribution < 1.29 is 15.0 Å². The minimum Gasteiger partial charge on any atom is -0.476 e. The van der Waals surface area contributed by atoms with Gasteiger partial charge in [0.05, 0.1) is 6.10 Å². The molecular weight excluding hydrogens is 248 g/mol. The maximum atomic E-state index is 11.2. The summed E-state index contributed by atoms with van der Waals surface area (Å²) in [5, 5.41) is 26.0. The van der Waals surface area contributed by atoms with Crippen LogP contribution in [-0.2, 0) is 6.54 Å². The molecule has 2 rings (SSSR count). The topological polar surface area (TPSA) is 101 Å². The summed E-state index contributed by atoms with van der Waals surface area (Å²) in [6.45, 7) is 2.07. The van der Waals surface area contributed by atoms with Gasteiger partial charge in [0.1, 0.15) is 5.69 Å². The minimum atomic E-state index is -1.13. The van der Waals surface area contributed by atoms with Gasteiger partial charge in [-0.2, -0.15) is 0 Å². The van der Waals surface area contributed by atoms with Gasteiger partial charge in [0, 0.05) is 24.5 Å². The summed E-state index contributed by atoms with van der Waals surface area (Å²) < 4.78 is 1.49. The molecule has 0 aliphatic carbocycles. The quantitative estimate of drug-likeness (QED) is 0.826. The Balaban J connectivity index is 2.42. The maximum Gasteiger partial charge on any atom is 0.358 e. The van der Waals surface area contributed by atoms with Crippen LogP contribution in [0.5, 0.6) is 0 Å². The Morgan fingerprint density at radius 2 is 2.11 bits per heavy atom. The number of aromatic nitrogens is 4. The van der Waals surface area contributed by atoms with Crippen LogP contribution in [0.4, 0.5) is 0 Å². The first-order chi connectivity index (χ1) is 9.09. The van der Waals surface area contributed by atoms with E-state index in [1.165, 1.54) is 4.68 Å². The number of aromatic carboxylic acids is 1. The molecule has 2 aromatic rings. The largest absolute Gasteiger partial charge is 0.476 e. The fraction of sp³-hybridized carbons (Fsp3) is 0.333. The number of aryl methyl sites for hydroxylation is 1. The maximum absolute atomic E-state index is 11.2. The van der Waals surface area contributed by atoms with Gasteiger partial charge in [0.2, 0.25) is 0 Å². The van der Waals surface area contributed by atoms with Crippen molar-refractivity contribution in [2.24, 2.45) is 0 Å². The monoisotopic (exact) mass is 262 g/mol. The number of rotatable bonds is 5. The second kappa shape index (κ2) is 5.57. The van der Waals surface area contributed by atoms with Crippen LogP contribution in [0, 0.1) is 0 Å². The molecule has 19 heavy (non-hydrogen) atoms. The highest BCUT2D eigenvalue weighted by Gasteiger charge is 2.20. The molecule has 0 fully saturated rings. The average molecular weight is 262 g/mol. The van der Waals surface area contributed by atoms with Gasteiger partial charge in [0.15, 0.2) is 5.69 Å². The molecular formula is C12H14N4O3. The van der Waals surface area contributed by atoms with Gasteiger partial charge in [0.25, 0.3) is 0 Å². The van der Waals surface area contributed by atoms with Crippen molar-refractivity contribution in [2.75, 3.05) is 0 Å². The smallest absolute Gasteiger partial charge is 0.358 e. The number of carboxylic acids is 1. The van der Waals surface area contributed by atoms with E-state index in [2.05, 4.69) is 15.3 Å². The number of hydrogen-bond donors (Lipinski definition) is 2. The summed E-state index contributed by atoms with van der Waals surface area (Å²) in [4.78, 5) is 15.1. The molecule has 0 aromatic carbocycles. The summed E-state index contributed by atoms with van der Waals surface area (Å²) in [5.74, 6) is -1.13. The van der Waals surface area contributed by atoms with Gasteiger partial charge < -0.3 is 10.2 Å². The molecule has 0 aliphatic rings. The first-order valence-corrected chi connectivity index (χ1v) is 5.85. The molecule has 7 nitrogen and oxygen atoms in total. The summed E-state index contributed by atoms with van der Waals surface area (Å²) in [5.41, 5.74) is 1.01. The average Bonchev–Trinajstić information content (AvgIpc) is 2.81. The third kappa shape index (κ3) is 2.94. The summed E-state index contributed by atoms with van der Waals surface area (Å²) >= 11 is 0. The third-order valence-corrected chi connectivity index (χ3v) is 2.65. The van der Waals surface area contributed by atoms with Crippen LogP contribution in [0.1, 0.15) is 23.8 Å². The number of hydrogen-bond acceptors (Lipinski definition) is 5. The standard InChI is InChI=1S/C12H14N4O3/c1-8(17)4-7-16-11(9-2-5-13-6-3-9)10(12(18)19)14-15-16/h2-3,5-6,8,17H,4,7H2,1H3,(H,18,19). The second-order valence-electron chi connectivity index (χ2n) is 4.19. The Kier molecular flexibility index (Phi) is 3.86. The molecule has 2 heterocycles. The number of aliphatic hydroxyl groups excluding tert-OH is 1. The molecule has 0 saturated carbocycles. The molecule has 1 atom stereocenters. The molecule has 0 bridgehead atoms. The highest BCUT2D eigenvalue weighted by Crippen LogP contribution is 2.21. The van der Waals surface area contributed by atoms with Crippen molar-refractivity contribution in [1.82, 2.24) is 20.0 Å². The van der Waals surface area contributed by atoms with Gasteiger partial charge in [-0.3, -0.25) is 4.98 Å². The number of carboxylic acid groups (broad SMARTS) is 1. The van der Waals surface area contributed by atoms with Crippen LogP contribution in [0.25, 0.3) is 11.3 Å². The van der Waals surface area contributed by atoms with E-state index < -0.39 is 12.1 Å². The van der Waals surface area contributed by atoms with E-state index in [9.17, 15) is 9.90 Å². The van der Waals surface area contributed by atoms with Crippen LogP contribution < -0.4 is 0 Å². The normalized spacial score (nSPS) is 12.3. The lowest BCUT2D eigenvalue weighted by Crippen LogP contribution is -2.10. The van der Waals surface area contributed by atoms with E-state index in [0.29, 0.717) is 24.2 Å². The molecule has 0 aliphatic heterocycles. The molecule has 0 amide bonds. The van der Waals surface area contributed by atoms with Crippen molar-refractivity contribution in [3.05, 3.63) is 30.2 Å². The summed E-state index contributed by atoms with van der Waals surface area (Å²) in [7, 11) is 0. The Hall–Kier alpha value is -2.28. The summed E-state index contributed by atoms with van der Waals surface area (Å²) in [6.07, 6.45) is 3.14. The van der Waals surface area contributed by atoms with Gasteiger partial charge in [-0.25, -0.2) is 9.48 Å². The van der Waals surface area contributed by atoms with Gasteiger partial charge >= 0.3 is 5.97 Å². The second-order valence-corrected chi connectivity index (χ2v) is 4.19. The predicted octanol–water partition coefficient (Wildman–Crippen LogP) is 0.809. The van der Waals surface area contributed by atoms with Crippen molar-refractivity contribution in [3.8, 4) is 11.3 Å². The molecule has 2 aromatic heterocycles. The molecule has 1 unspecified atom stereocenters. The van der Waals surface area contributed by atoms with E-state index in [1.807, 2.05) is 0 Å². The van der Waals surface area contributed by atoms with E-state index in [-0.39, 0.29) is 5.69 Å². The van der Waals surface area contributed by atoms with Crippen molar-refractivity contribution in [2.45, 2.75) is 26.0 Å². The van der Waals surface area contributed by atoms with Gasteiger partial charge in [-0.1, -0.05) is 5.21 Å². The lowest BCUT2D eigenvalue weighted by atomic mass is 10.1. The van der Waals surface area contributed by atoms with Crippen LogP contribution in [0.3, 0.4) is 0 Å². The predicted molar refractivity (Wildman–Crippen MR) is 66.5 cm³/mol. The van der Waals surface area contributed by atoms with Crippen molar-refractivity contribution >= 4 is 5.97 Å². The molecule has 100 valence electrons. The van der Waals surface area contributed by atoms with Crippen LogP contribution in [0.2, 0.25) is 0 Å². The molecule has 0 radical (unpaired) electrons. The first kappa shape index (κ1) is 13.2. The lowest BCUT2D eigenvalue weighted by Gasteiger charge is -2.08. The van der Waals surface area contributed by atoms with E-state index in [1.54, 1.807) is 31.5 Å². The number of nitrogens with zero attached hydrogens (tertiary/aromatic N) is 4. The zero-order chi connectivity index (χ0) is 13.8. The van der Waals surface area contributed by atoms with Crippen LogP contribution in [-0.4, -0.2) is 42.3 Å². The van der Waals surface area contributed by atoms with Gasteiger partial charge in [-0.15, -0.1) is 5.10 Å². The molecule has 0 saturated heterocycles. The zero-order valence-electron chi connectivity index (χ0n) is 10.4. The number of aliphatic hydroxyl groups is 1. The Labute approximate surface area is 109 Å². The van der Waals surface area contributed by atoms with Crippen molar-refractivity contribution in [1.29, 1.82) is 0 Å². The highest BCUT2D eigenvalue weighted by molar-refractivity contribution is 5.92. The number of carbonyl (C=O) groups is 1. The van der Waals surface area contributed by atoms with Crippen LogP contribution in [0.15, 0.2) is 24.5 Å². The number of pyridine rings is 1.